The summed E-state index contributed by atoms with van der Waals surface area (Å²) in [5, 5.41) is 8.44. The number of hydrogen-bond acceptors (Lipinski definition) is 7. The predicted molar refractivity (Wildman–Crippen MR) is 114 cm³/mol. The molecule has 158 valence electrons. The van der Waals surface area contributed by atoms with Crippen molar-refractivity contribution in [3.63, 3.8) is 0 Å². The fraction of sp³-hybridized carbons (Fsp3) is 0.304. The number of esters is 1. The highest BCUT2D eigenvalue weighted by Crippen LogP contribution is 2.27. The fourth-order valence-corrected chi connectivity index (χ4v) is 2.58. The molecule has 0 spiro atoms. The normalized spacial score (nSPS) is 10.7. The minimum Gasteiger partial charge on any atom is -0.496 e. The lowest BCUT2D eigenvalue weighted by Crippen LogP contribution is -2.16. The summed E-state index contributed by atoms with van der Waals surface area (Å²) in [6.07, 6.45) is 3.51. The summed E-state index contributed by atoms with van der Waals surface area (Å²) in [6.45, 7) is 5.45. The van der Waals surface area contributed by atoms with Crippen LogP contribution < -0.4 is 9.47 Å². The molecular formula is C23H26N2O5. The molecule has 0 bridgehead atoms. The summed E-state index contributed by atoms with van der Waals surface area (Å²) in [5.74, 6) is 0.773. The Labute approximate surface area is 176 Å². The van der Waals surface area contributed by atoms with Crippen LogP contribution in [0.25, 0.3) is 0 Å². The summed E-state index contributed by atoms with van der Waals surface area (Å²) in [4.78, 5) is 22.6. The number of methoxy groups -OCH3 is 1. The van der Waals surface area contributed by atoms with Crippen molar-refractivity contribution in [3.05, 3.63) is 60.7 Å². The van der Waals surface area contributed by atoms with E-state index in [1.54, 1.807) is 37.5 Å². The number of carbonyl (C=O) groups is 2. The first kappa shape index (κ1) is 23.0. The minimum atomic E-state index is -0.500. The van der Waals surface area contributed by atoms with Gasteiger partial charge < -0.3 is 19.0 Å². The Kier molecular flexibility index (Phi) is 9.40. The number of benzene rings is 2. The third-order valence-corrected chi connectivity index (χ3v) is 4.02. The molecule has 0 aliphatic rings. The zero-order valence-electron chi connectivity index (χ0n) is 17.3. The molecule has 2 aromatic rings. The number of ether oxygens (including phenoxy) is 3. The lowest BCUT2D eigenvalue weighted by atomic mass is 10.1. The van der Waals surface area contributed by atoms with E-state index in [0.717, 1.165) is 11.3 Å². The quantitative estimate of drug-likeness (QED) is 0.159. The Bertz CT molecular complexity index is 891. The zero-order chi connectivity index (χ0) is 21.8. The van der Waals surface area contributed by atoms with Crippen molar-refractivity contribution in [3.8, 4) is 11.5 Å². The number of nitrogens with zero attached hydrogens (tertiary/aromatic N) is 2. The fourth-order valence-electron chi connectivity index (χ4n) is 2.58. The zero-order valence-corrected chi connectivity index (χ0v) is 17.3. The standard InChI is InChI=1S/C23H26N2O5/c1-4-6-18-15-20(10-13-22(18)28-3)25-24-19-8-11-21(12-9-19)30-23(27)16-29-14-5-7-17(2)26/h4,8-13,15H,1,5-7,14,16H2,2-3H3. The Morgan fingerprint density at radius 1 is 1.07 bits per heavy atom. The van der Waals surface area contributed by atoms with Gasteiger partial charge in [0.25, 0.3) is 0 Å². The van der Waals surface area contributed by atoms with Crippen molar-refractivity contribution < 1.29 is 23.8 Å². The number of allylic oxidation sites excluding steroid dienone is 1. The van der Waals surface area contributed by atoms with Gasteiger partial charge in [-0.3, -0.25) is 0 Å². The number of hydrogen-bond donors (Lipinski definition) is 0. The molecule has 0 atom stereocenters. The van der Waals surface area contributed by atoms with Gasteiger partial charge in [-0.05, 0) is 62.2 Å². The monoisotopic (exact) mass is 410 g/mol. The Morgan fingerprint density at radius 2 is 1.77 bits per heavy atom. The van der Waals surface area contributed by atoms with Crippen molar-refractivity contribution in [2.45, 2.75) is 26.2 Å². The SMILES string of the molecule is C=CCc1cc(N=Nc2ccc(OC(=O)COCCCC(C)=O)cc2)ccc1OC. The average molecular weight is 410 g/mol. The number of azo groups is 1. The van der Waals surface area contributed by atoms with Gasteiger partial charge in [0, 0.05) is 18.6 Å². The lowest BCUT2D eigenvalue weighted by molar-refractivity contribution is -0.139. The van der Waals surface area contributed by atoms with E-state index in [1.807, 2.05) is 18.2 Å². The molecule has 0 N–H and O–H groups in total. The molecule has 0 unspecified atom stereocenters. The van der Waals surface area contributed by atoms with Crippen LogP contribution in [-0.2, 0) is 20.7 Å². The summed E-state index contributed by atoms with van der Waals surface area (Å²) in [6, 6.07) is 12.2. The van der Waals surface area contributed by atoms with Crippen LogP contribution in [0.5, 0.6) is 11.5 Å². The largest absolute Gasteiger partial charge is 0.496 e. The first-order valence-electron chi connectivity index (χ1n) is 9.59. The second-order valence-electron chi connectivity index (χ2n) is 6.52. The molecule has 7 nitrogen and oxygen atoms in total. The highest BCUT2D eigenvalue weighted by atomic mass is 16.6. The molecule has 0 heterocycles. The summed E-state index contributed by atoms with van der Waals surface area (Å²) in [7, 11) is 1.62. The molecular weight excluding hydrogens is 384 g/mol. The number of carbonyl (C=O) groups excluding carboxylic acids is 2. The molecule has 7 heteroatoms. The smallest absolute Gasteiger partial charge is 0.337 e. The van der Waals surface area contributed by atoms with Gasteiger partial charge in [-0.1, -0.05) is 6.08 Å². The summed E-state index contributed by atoms with van der Waals surface area (Å²) < 4.78 is 15.7. The lowest BCUT2D eigenvalue weighted by Gasteiger charge is -2.07. The van der Waals surface area contributed by atoms with Crippen LogP contribution in [0.2, 0.25) is 0 Å². The molecule has 0 aliphatic heterocycles. The molecule has 0 saturated carbocycles. The van der Waals surface area contributed by atoms with Crippen molar-refractivity contribution in [1.82, 2.24) is 0 Å². The minimum absolute atomic E-state index is 0.0996. The summed E-state index contributed by atoms with van der Waals surface area (Å²) in [5.41, 5.74) is 2.30. The van der Waals surface area contributed by atoms with E-state index in [1.165, 1.54) is 6.92 Å². The molecule has 30 heavy (non-hydrogen) atoms. The van der Waals surface area contributed by atoms with Crippen molar-refractivity contribution in [1.29, 1.82) is 0 Å². The summed E-state index contributed by atoms with van der Waals surface area (Å²) >= 11 is 0. The van der Waals surface area contributed by atoms with Crippen LogP contribution in [0.3, 0.4) is 0 Å². The third-order valence-electron chi connectivity index (χ3n) is 4.02. The van der Waals surface area contributed by atoms with Crippen LogP contribution in [0.1, 0.15) is 25.3 Å². The average Bonchev–Trinajstić information content (AvgIpc) is 2.73. The maximum atomic E-state index is 11.8. The van der Waals surface area contributed by atoms with E-state index in [9.17, 15) is 9.59 Å². The van der Waals surface area contributed by atoms with Gasteiger partial charge in [0.05, 0.1) is 18.5 Å². The molecule has 2 aromatic carbocycles. The maximum Gasteiger partial charge on any atom is 0.337 e. The van der Waals surface area contributed by atoms with Gasteiger partial charge in [-0.15, -0.1) is 6.58 Å². The second kappa shape index (κ2) is 12.3. The van der Waals surface area contributed by atoms with E-state index in [-0.39, 0.29) is 12.4 Å². The molecule has 0 radical (unpaired) electrons. The van der Waals surface area contributed by atoms with Gasteiger partial charge in [-0.2, -0.15) is 10.2 Å². The van der Waals surface area contributed by atoms with Gasteiger partial charge >= 0.3 is 5.97 Å². The molecule has 0 aromatic heterocycles. The van der Waals surface area contributed by atoms with Crippen LogP contribution in [-0.4, -0.2) is 32.1 Å². The van der Waals surface area contributed by atoms with Gasteiger partial charge in [0.2, 0.25) is 0 Å². The van der Waals surface area contributed by atoms with E-state index in [2.05, 4.69) is 16.8 Å². The predicted octanol–water partition coefficient (Wildman–Crippen LogP) is 5.13. The molecule has 2 rings (SSSR count). The number of rotatable bonds is 12. The van der Waals surface area contributed by atoms with E-state index in [4.69, 9.17) is 14.2 Å². The van der Waals surface area contributed by atoms with Crippen LogP contribution in [0, 0.1) is 0 Å². The van der Waals surface area contributed by atoms with Gasteiger partial charge in [0.15, 0.2) is 0 Å². The Balaban J connectivity index is 1.87. The molecule has 0 saturated heterocycles. The molecule has 0 amide bonds. The first-order valence-corrected chi connectivity index (χ1v) is 9.59. The van der Waals surface area contributed by atoms with Crippen molar-refractivity contribution in [2.75, 3.05) is 20.3 Å². The molecule has 0 aliphatic carbocycles. The topological polar surface area (TPSA) is 86.5 Å². The second-order valence-corrected chi connectivity index (χ2v) is 6.52. The van der Waals surface area contributed by atoms with Gasteiger partial charge in [-0.25, -0.2) is 4.79 Å². The van der Waals surface area contributed by atoms with E-state index < -0.39 is 5.97 Å². The van der Waals surface area contributed by atoms with E-state index in [0.29, 0.717) is 43.0 Å². The van der Waals surface area contributed by atoms with Gasteiger partial charge in [0.1, 0.15) is 23.9 Å². The van der Waals surface area contributed by atoms with Crippen LogP contribution in [0.4, 0.5) is 11.4 Å². The highest BCUT2D eigenvalue weighted by molar-refractivity contribution is 5.75. The highest BCUT2D eigenvalue weighted by Gasteiger charge is 2.06. The molecule has 0 fully saturated rings. The first-order chi connectivity index (χ1) is 14.5. The van der Waals surface area contributed by atoms with E-state index >= 15 is 0 Å². The van der Waals surface area contributed by atoms with Crippen molar-refractivity contribution in [2.24, 2.45) is 10.2 Å². The maximum absolute atomic E-state index is 11.8. The number of ketones is 1. The Morgan fingerprint density at radius 3 is 2.43 bits per heavy atom. The third kappa shape index (κ3) is 7.97. The van der Waals surface area contributed by atoms with Crippen molar-refractivity contribution >= 4 is 23.1 Å². The van der Waals surface area contributed by atoms with Crippen LogP contribution in [0.15, 0.2) is 65.3 Å². The van der Waals surface area contributed by atoms with Crippen LogP contribution >= 0.6 is 0 Å². The Hall–Kier alpha value is -3.32. The number of Topliss-reactive ketones (excluding diaryl/α,β-unsaturated/α-hetero) is 1.